The average molecular weight is 357 g/mol. The molecule has 1 saturated heterocycles. The van der Waals surface area contributed by atoms with Crippen molar-refractivity contribution in [3.63, 3.8) is 0 Å². The Morgan fingerprint density at radius 2 is 2.04 bits per heavy atom. The van der Waals surface area contributed by atoms with Crippen LogP contribution in [-0.4, -0.2) is 50.9 Å². The lowest BCUT2D eigenvalue weighted by molar-refractivity contribution is -0.135. The molecule has 0 aromatic heterocycles. The molecule has 0 bridgehead atoms. The highest BCUT2D eigenvalue weighted by Gasteiger charge is 2.33. The second kappa shape index (κ2) is 7.58. The zero-order chi connectivity index (χ0) is 17.9. The van der Waals surface area contributed by atoms with Gasteiger partial charge in [-0.3, -0.25) is 4.79 Å². The highest BCUT2D eigenvalue weighted by molar-refractivity contribution is 7.89. The molecule has 24 heavy (non-hydrogen) atoms. The summed E-state index contributed by atoms with van der Waals surface area (Å²) in [5.41, 5.74) is 0. The van der Waals surface area contributed by atoms with Gasteiger partial charge in [-0.05, 0) is 25.0 Å². The Hall–Kier alpha value is -1.51. The van der Waals surface area contributed by atoms with Gasteiger partial charge in [0.15, 0.2) is 0 Å². The van der Waals surface area contributed by atoms with E-state index in [1.165, 1.54) is 18.2 Å². The molecule has 1 aromatic rings. The fourth-order valence-corrected chi connectivity index (χ4v) is 4.11. The van der Waals surface area contributed by atoms with Crippen molar-refractivity contribution in [3.05, 3.63) is 30.1 Å². The Kier molecular flexibility index (Phi) is 5.95. The van der Waals surface area contributed by atoms with Crippen molar-refractivity contribution in [1.82, 2.24) is 14.9 Å². The first kappa shape index (κ1) is 18.8. The zero-order valence-electron chi connectivity index (χ0n) is 14.1. The van der Waals surface area contributed by atoms with Gasteiger partial charge < -0.3 is 10.2 Å². The fourth-order valence-electron chi connectivity index (χ4n) is 2.69. The number of piperazine rings is 1. The molecule has 0 radical (unpaired) electrons. The van der Waals surface area contributed by atoms with Crippen LogP contribution in [0.4, 0.5) is 4.39 Å². The lowest BCUT2D eigenvalue weighted by Crippen LogP contribution is -2.57. The van der Waals surface area contributed by atoms with Crippen LogP contribution in [-0.2, 0) is 14.8 Å². The van der Waals surface area contributed by atoms with E-state index in [4.69, 9.17) is 0 Å². The summed E-state index contributed by atoms with van der Waals surface area (Å²) >= 11 is 0. The van der Waals surface area contributed by atoms with Crippen LogP contribution in [0.5, 0.6) is 0 Å². The van der Waals surface area contributed by atoms with Gasteiger partial charge in [0, 0.05) is 25.7 Å². The van der Waals surface area contributed by atoms with Gasteiger partial charge in [-0.1, -0.05) is 26.0 Å². The summed E-state index contributed by atoms with van der Waals surface area (Å²) in [6.45, 7) is 7.19. The summed E-state index contributed by atoms with van der Waals surface area (Å²) in [5.74, 6) is -1.38. The minimum atomic E-state index is -4.12. The number of hydrogen-bond acceptors (Lipinski definition) is 4. The van der Waals surface area contributed by atoms with E-state index in [-0.39, 0.29) is 17.9 Å². The number of rotatable bonds is 5. The molecule has 1 heterocycles. The number of benzene rings is 1. The van der Waals surface area contributed by atoms with E-state index in [1.807, 2.05) is 6.92 Å². The van der Waals surface area contributed by atoms with Crippen LogP contribution in [0.15, 0.2) is 29.2 Å². The molecule has 6 nitrogen and oxygen atoms in total. The smallest absolute Gasteiger partial charge is 0.244 e. The van der Waals surface area contributed by atoms with Gasteiger partial charge in [-0.15, -0.1) is 0 Å². The Balaban J connectivity index is 2.22. The van der Waals surface area contributed by atoms with Gasteiger partial charge >= 0.3 is 0 Å². The maximum absolute atomic E-state index is 13.8. The second-order valence-electron chi connectivity index (χ2n) is 6.41. The minimum Gasteiger partial charge on any atom is -0.338 e. The van der Waals surface area contributed by atoms with E-state index in [0.717, 1.165) is 6.07 Å². The van der Waals surface area contributed by atoms with Crippen molar-refractivity contribution in [3.8, 4) is 0 Å². The first-order valence-corrected chi connectivity index (χ1v) is 9.49. The maximum atomic E-state index is 13.8. The van der Waals surface area contributed by atoms with Crippen molar-refractivity contribution in [2.24, 2.45) is 5.92 Å². The number of amides is 1. The first-order chi connectivity index (χ1) is 11.2. The number of nitrogens with one attached hydrogen (secondary N) is 2. The van der Waals surface area contributed by atoms with Crippen molar-refractivity contribution in [1.29, 1.82) is 0 Å². The van der Waals surface area contributed by atoms with Gasteiger partial charge in [-0.2, -0.15) is 4.72 Å². The lowest BCUT2D eigenvalue weighted by Gasteiger charge is -2.35. The summed E-state index contributed by atoms with van der Waals surface area (Å²) in [6.07, 6.45) is 0. The highest BCUT2D eigenvalue weighted by atomic mass is 32.2. The van der Waals surface area contributed by atoms with Gasteiger partial charge in [0.1, 0.15) is 16.8 Å². The average Bonchev–Trinajstić information content (AvgIpc) is 2.52. The van der Waals surface area contributed by atoms with Crippen molar-refractivity contribution < 1.29 is 17.6 Å². The van der Waals surface area contributed by atoms with Gasteiger partial charge in [0.05, 0.1) is 0 Å². The van der Waals surface area contributed by atoms with E-state index in [1.54, 1.807) is 18.7 Å². The van der Waals surface area contributed by atoms with E-state index in [0.29, 0.717) is 19.6 Å². The summed E-state index contributed by atoms with van der Waals surface area (Å²) in [6, 6.07) is 4.35. The zero-order valence-corrected chi connectivity index (χ0v) is 14.9. The molecule has 2 unspecified atom stereocenters. The predicted molar refractivity (Wildman–Crippen MR) is 89.4 cm³/mol. The molecule has 1 aromatic carbocycles. The molecule has 2 rings (SSSR count). The highest BCUT2D eigenvalue weighted by Crippen LogP contribution is 2.17. The normalized spacial score (nSPS) is 20.2. The van der Waals surface area contributed by atoms with Crippen molar-refractivity contribution in [2.45, 2.75) is 37.8 Å². The van der Waals surface area contributed by atoms with Crippen LogP contribution in [0.25, 0.3) is 0 Å². The minimum absolute atomic E-state index is 0.152. The number of sulfonamides is 1. The van der Waals surface area contributed by atoms with Crippen LogP contribution in [0.3, 0.4) is 0 Å². The number of halogens is 1. The van der Waals surface area contributed by atoms with Crippen molar-refractivity contribution >= 4 is 15.9 Å². The number of nitrogens with zero attached hydrogens (tertiary/aromatic N) is 1. The standard InChI is InChI=1S/C16H24FN3O3S/c1-11(2)15(16(21)20-9-8-18-12(3)10-20)19-24(22,23)14-7-5-4-6-13(14)17/h4-7,11-12,15,18-19H,8-10H2,1-3H3. The number of carbonyl (C=O) groups is 1. The summed E-state index contributed by atoms with van der Waals surface area (Å²) in [4.78, 5) is 14.0. The van der Waals surface area contributed by atoms with Crippen LogP contribution in [0.1, 0.15) is 20.8 Å². The quantitative estimate of drug-likeness (QED) is 0.822. The van der Waals surface area contributed by atoms with E-state index in [9.17, 15) is 17.6 Å². The van der Waals surface area contributed by atoms with Gasteiger partial charge in [0.2, 0.25) is 15.9 Å². The summed E-state index contributed by atoms with van der Waals surface area (Å²) in [7, 11) is -4.12. The molecular formula is C16H24FN3O3S. The molecule has 8 heteroatoms. The van der Waals surface area contributed by atoms with Gasteiger partial charge in [0.25, 0.3) is 0 Å². The first-order valence-electron chi connectivity index (χ1n) is 8.01. The van der Waals surface area contributed by atoms with Crippen LogP contribution < -0.4 is 10.0 Å². The molecular weight excluding hydrogens is 333 g/mol. The van der Waals surface area contributed by atoms with Crippen molar-refractivity contribution in [2.75, 3.05) is 19.6 Å². The lowest BCUT2D eigenvalue weighted by atomic mass is 10.0. The molecule has 1 amide bonds. The van der Waals surface area contributed by atoms with Crippen LogP contribution in [0, 0.1) is 11.7 Å². The Labute approximate surface area is 142 Å². The molecule has 0 spiro atoms. The molecule has 0 aliphatic carbocycles. The largest absolute Gasteiger partial charge is 0.338 e. The molecule has 0 saturated carbocycles. The van der Waals surface area contributed by atoms with E-state index >= 15 is 0 Å². The predicted octanol–water partition coefficient (Wildman–Crippen LogP) is 0.949. The second-order valence-corrected chi connectivity index (χ2v) is 8.10. The van der Waals surface area contributed by atoms with E-state index < -0.39 is 26.8 Å². The number of hydrogen-bond donors (Lipinski definition) is 2. The molecule has 1 fully saturated rings. The molecule has 2 atom stereocenters. The molecule has 1 aliphatic rings. The maximum Gasteiger partial charge on any atom is 0.244 e. The third-order valence-corrected chi connectivity index (χ3v) is 5.50. The Morgan fingerprint density at radius 1 is 1.38 bits per heavy atom. The Bertz CT molecular complexity index is 694. The topological polar surface area (TPSA) is 78.5 Å². The summed E-state index contributed by atoms with van der Waals surface area (Å²) < 4.78 is 41.2. The van der Waals surface area contributed by atoms with Crippen LogP contribution in [0.2, 0.25) is 0 Å². The SMILES string of the molecule is CC1CN(C(=O)C(NS(=O)(=O)c2ccccc2F)C(C)C)CCN1. The van der Waals surface area contributed by atoms with E-state index in [2.05, 4.69) is 10.0 Å². The van der Waals surface area contributed by atoms with Crippen LogP contribution >= 0.6 is 0 Å². The molecule has 2 N–H and O–H groups in total. The Morgan fingerprint density at radius 3 is 2.62 bits per heavy atom. The number of carbonyl (C=O) groups excluding carboxylic acids is 1. The third kappa shape index (κ3) is 4.31. The fraction of sp³-hybridized carbons (Fsp3) is 0.562. The third-order valence-electron chi connectivity index (χ3n) is 4.02. The monoisotopic (exact) mass is 357 g/mol. The molecule has 1 aliphatic heterocycles. The van der Waals surface area contributed by atoms with Gasteiger partial charge in [-0.25, -0.2) is 12.8 Å². The molecule has 134 valence electrons. The summed E-state index contributed by atoms with van der Waals surface area (Å²) in [5, 5.41) is 3.23.